The van der Waals surface area contributed by atoms with Crippen LogP contribution in [0.4, 0.5) is 8.78 Å². The highest BCUT2D eigenvalue weighted by atomic mass is 35.5. The Labute approximate surface area is 112 Å². The molecular formula is C12H11ClF2N2O2. The van der Waals surface area contributed by atoms with Gasteiger partial charge >= 0.3 is 5.97 Å². The number of fused-ring (bicyclic) bond motifs is 1. The average molecular weight is 289 g/mol. The van der Waals surface area contributed by atoms with E-state index in [-0.39, 0.29) is 22.7 Å². The Hall–Kier alpha value is -1.69. The van der Waals surface area contributed by atoms with Gasteiger partial charge in [0.25, 0.3) is 0 Å². The van der Waals surface area contributed by atoms with Crippen molar-refractivity contribution in [3.05, 3.63) is 29.6 Å². The number of carbonyl (C=O) groups is 1. The van der Waals surface area contributed by atoms with E-state index in [1.165, 1.54) is 24.7 Å². The molecule has 2 aromatic rings. The Morgan fingerprint density at radius 1 is 1.53 bits per heavy atom. The van der Waals surface area contributed by atoms with Crippen LogP contribution in [0.5, 0.6) is 0 Å². The Morgan fingerprint density at radius 2 is 2.21 bits per heavy atom. The van der Waals surface area contributed by atoms with Crippen LogP contribution in [0.1, 0.15) is 18.8 Å². The summed E-state index contributed by atoms with van der Waals surface area (Å²) >= 11 is 5.74. The molecule has 1 unspecified atom stereocenters. The van der Waals surface area contributed by atoms with Gasteiger partial charge in [-0.25, -0.2) is 18.6 Å². The number of carbonyl (C=O) groups excluding carboxylic acids is 1. The molecule has 7 heteroatoms. The molecule has 0 aliphatic carbocycles. The number of methoxy groups -OCH3 is 1. The van der Waals surface area contributed by atoms with Gasteiger partial charge in [0.1, 0.15) is 17.4 Å². The van der Waals surface area contributed by atoms with Gasteiger partial charge in [-0.05, 0) is 19.1 Å². The van der Waals surface area contributed by atoms with Crippen LogP contribution in [0.15, 0.2) is 12.1 Å². The molecule has 1 atom stereocenters. The van der Waals surface area contributed by atoms with Crippen molar-refractivity contribution < 1.29 is 18.3 Å². The number of halogens is 3. The third-order valence-electron chi connectivity index (χ3n) is 2.87. The normalized spacial score (nSPS) is 12.7. The molecule has 0 saturated carbocycles. The second kappa shape index (κ2) is 5.13. The summed E-state index contributed by atoms with van der Waals surface area (Å²) < 4.78 is 33.1. The van der Waals surface area contributed by atoms with Crippen molar-refractivity contribution in [1.29, 1.82) is 0 Å². The summed E-state index contributed by atoms with van der Waals surface area (Å²) in [6, 6.07) is 1.47. The lowest BCUT2D eigenvalue weighted by molar-refractivity contribution is -0.143. The highest BCUT2D eigenvalue weighted by Crippen LogP contribution is 2.26. The minimum Gasteiger partial charge on any atom is -0.467 e. The zero-order chi connectivity index (χ0) is 14.2. The van der Waals surface area contributed by atoms with Crippen molar-refractivity contribution in [2.45, 2.75) is 18.8 Å². The third-order valence-corrected chi connectivity index (χ3v) is 3.10. The lowest BCUT2D eigenvalue weighted by atomic mass is 10.2. The quantitative estimate of drug-likeness (QED) is 0.644. The zero-order valence-electron chi connectivity index (χ0n) is 10.3. The van der Waals surface area contributed by atoms with Crippen LogP contribution in [0.3, 0.4) is 0 Å². The fraction of sp³-hybridized carbons (Fsp3) is 0.333. The second-order valence-electron chi connectivity index (χ2n) is 3.96. The average Bonchev–Trinajstić information content (AvgIpc) is 2.80. The van der Waals surface area contributed by atoms with E-state index in [0.29, 0.717) is 0 Å². The maximum atomic E-state index is 13.9. The second-order valence-corrected chi connectivity index (χ2v) is 4.23. The van der Waals surface area contributed by atoms with E-state index in [0.717, 1.165) is 6.07 Å². The summed E-state index contributed by atoms with van der Waals surface area (Å²) in [7, 11) is 1.22. The molecule has 0 radical (unpaired) electrons. The summed E-state index contributed by atoms with van der Waals surface area (Å²) in [4.78, 5) is 15.7. The van der Waals surface area contributed by atoms with E-state index in [4.69, 9.17) is 11.6 Å². The zero-order valence-corrected chi connectivity index (χ0v) is 11.0. The number of imidazole rings is 1. The first-order valence-electron chi connectivity index (χ1n) is 5.49. The monoisotopic (exact) mass is 288 g/mol. The number of ether oxygens (including phenoxy) is 1. The number of alkyl halides is 1. The molecule has 0 fully saturated rings. The van der Waals surface area contributed by atoms with Crippen molar-refractivity contribution in [3.63, 3.8) is 0 Å². The van der Waals surface area contributed by atoms with Crippen molar-refractivity contribution in [3.8, 4) is 0 Å². The summed E-state index contributed by atoms with van der Waals surface area (Å²) in [5.74, 6) is -2.41. The SMILES string of the molecule is COC(=O)C(C)n1c(CCl)nc2ccc(F)c(F)c21. The van der Waals surface area contributed by atoms with Gasteiger partial charge in [0.15, 0.2) is 11.6 Å². The fourth-order valence-electron chi connectivity index (χ4n) is 1.96. The summed E-state index contributed by atoms with van der Waals surface area (Å²) in [6.45, 7) is 1.51. The van der Waals surface area contributed by atoms with E-state index in [1.807, 2.05) is 0 Å². The maximum absolute atomic E-state index is 13.9. The van der Waals surface area contributed by atoms with Crippen LogP contribution in [0.2, 0.25) is 0 Å². The molecule has 0 aliphatic heterocycles. The van der Waals surface area contributed by atoms with Gasteiger partial charge in [-0.15, -0.1) is 11.6 Å². The molecule has 1 heterocycles. The lowest BCUT2D eigenvalue weighted by Gasteiger charge is -2.14. The minimum atomic E-state index is -1.06. The number of hydrogen-bond donors (Lipinski definition) is 0. The molecule has 0 amide bonds. The van der Waals surface area contributed by atoms with Gasteiger partial charge in [0.2, 0.25) is 0 Å². The molecule has 0 aliphatic rings. The van der Waals surface area contributed by atoms with Crippen LogP contribution < -0.4 is 0 Å². The first-order valence-corrected chi connectivity index (χ1v) is 6.03. The molecular weight excluding hydrogens is 278 g/mol. The topological polar surface area (TPSA) is 44.1 Å². The lowest BCUT2D eigenvalue weighted by Crippen LogP contribution is -2.20. The van der Waals surface area contributed by atoms with Gasteiger partial charge in [-0.1, -0.05) is 0 Å². The van der Waals surface area contributed by atoms with Crippen LogP contribution >= 0.6 is 11.6 Å². The highest BCUT2D eigenvalue weighted by Gasteiger charge is 2.24. The third kappa shape index (κ3) is 2.16. The number of hydrogen-bond acceptors (Lipinski definition) is 3. The van der Waals surface area contributed by atoms with Crippen molar-refractivity contribution in [2.75, 3.05) is 7.11 Å². The van der Waals surface area contributed by atoms with Crippen molar-refractivity contribution in [2.24, 2.45) is 0 Å². The Balaban J connectivity index is 2.76. The predicted octanol–water partition coefficient (Wildman–Crippen LogP) is 2.79. The van der Waals surface area contributed by atoms with E-state index >= 15 is 0 Å². The smallest absolute Gasteiger partial charge is 0.328 e. The van der Waals surface area contributed by atoms with Crippen LogP contribution in [-0.2, 0) is 15.4 Å². The molecule has 19 heavy (non-hydrogen) atoms. The maximum Gasteiger partial charge on any atom is 0.328 e. The Bertz CT molecular complexity index is 642. The van der Waals surface area contributed by atoms with Crippen LogP contribution in [0, 0.1) is 11.6 Å². The van der Waals surface area contributed by atoms with Crippen molar-refractivity contribution in [1.82, 2.24) is 9.55 Å². The number of nitrogens with zero attached hydrogens (tertiary/aromatic N) is 2. The fourth-order valence-corrected chi connectivity index (χ4v) is 2.15. The largest absolute Gasteiger partial charge is 0.467 e. The Morgan fingerprint density at radius 3 is 2.79 bits per heavy atom. The number of aromatic nitrogens is 2. The molecule has 102 valence electrons. The molecule has 0 saturated heterocycles. The minimum absolute atomic E-state index is 0.0307. The number of benzene rings is 1. The highest BCUT2D eigenvalue weighted by molar-refractivity contribution is 6.16. The molecule has 0 bridgehead atoms. The van der Waals surface area contributed by atoms with Crippen LogP contribution in [0.25, 0.3) is 11.0 Å². The Kier molecular flexibility index (Phi) is 3.71. The van der Waals surface area contributed by atoms with E-state index in [2.05, 4.69) is 9.72 Å². The summed E-state index contributed by atoms with van der Waals surface area (Å²) in [5, 5.41) is 0. The van der Waals surface area contributed by atoms with Gasteiger partial charge in [0.05, 0.1) is 18.5 Å². The molecule has 0 spiro atoms. The van der Waals surface area contributed by atoms with Gasteiger partial charge < -0.3 is 9.30 Å². The first kappa shape index (κ1) is 13.7. The van der Waals surface area contributed by atoms with Gasteiger partial charge in [-0.3, -0.25) is 0 Å². The van der Waals surface area contributed by atoms with Crippen LogP contribution in [-0.4, -0.2) is 22.6 Å². The van der Waals surface area contributed by atoms with E-state index < -0.39 is 23.6 Å². The predicted molar refractivity (Wildman–Crippen MR) is 65.9 cm³/mol. The standard InChI is InChI=1S/C12H11ClF2N2O2/c1-6(12(18)19-2)17-9(5-13)16-8-4-3-7(14)10(15)11(8)17/h3-4,6H,5H2,1-2H3. The number of esters is 1. The summed E-state index contributed by atoms with van der Waals surface area (Å²) in [6.07, 6.45) is 0. The van der Waals surface area contributed by atoms with Gasteiger partial charge in [0, 0.05) is 0 Å². The van der Waals surface area contributed by atoms with E-state index in [9.17, 15) is 13.6 Å². The first-order chi connectivity index (χ1) is 9.01. The summed E-state index contributed by atoms with van der Waals surface area (Å²) in [5.41, 5.74) is 0.152. The molecule has 4 nitrogen and oxygen atoms in total. The molecule has 1 aromatic heterocycles. The van der Waals surface area contributed by atoms with E-state index in [1.54, 1.807) is 0 Å². The molecule has 1 aromatic carbocycles. The number of rotatable bonds is 3. The van der Waals surface area contributed by atoms with Gasteiger partial charge in [-0.2, -0.15) is 0 Å². The van der Waals surface area contributed by atoms with Crippen molar-refractivity contribution >= 4 is 28.6 Å². The molecule has 0 N–H and O–H groups in total. The molecule has 2 rings (SSSR count).